The molecule has 0 aliphatic carbocycles. The molecule has 8 heteroatoms. The van der Waals surface area contributed by atoms with E-state index < -0.39 is 21.5 Å². The van der Waals surface area contributed by atoms with Crippen molar-refractivity contribution in [1.29, 1.82) is 0 Å². The average Bonchev–Trinajstić information content (AvgIpc) is 2.76. The molecular weight excluding hydrogens is 412 g/mol. The van der Waals surface area contributed by atoms with E-state index in [9.17, 15) is 17.2 Å². The van der Waals surface area contributed by atoms with Gasteiger partial charge in [-0.05, 0) is 42.5 Å². The topological polar surface area (TPSA) is 68.9 Å². The van der Waals surface area contributed by atoms with Crippen LogP contribution in [0.4, 0.5) is 14.5 Å². The van der Waals surface area contributed by atoms with E-state index in [2.05, 4.69) is 4.99 Å². The number of rotatable bonds is 4. The van der Waals surface area contributed by atoms with Crippen LogP contribution in [-0.4, -0.2) is 15.5 Å². The SMILES string of the molecule is COc1ccc2cc(S(=O)(=O)c3ccccc3)c(=Nc3ccc(F)c(F)c3)oc2c1. The van der Waals surface area contributed by atoms with Crippen molar-refractivity contribution in [2.45, 2.75) is 9.79 Å². The molecule has 0 N–H and O–H groups in total. The smallest absolute Gasteiger partial charge is 0.239 e. The van der Waals surface area contributed by atoms with Gasteiger partial charge in [-0.25, -0.2) is 22.2 Å². The summed E-state index contributed by atoms with van der Waals surface area (Å²) in [5.41, 5.74) is 0.0673. The third kappa shape index (κ3) is 3.69. The highest BCUT2D eigenvalue weighted by Crippen LogP contribution is 2.25. The van der Waals surface area contributed by atoms with Crippen molar-refractivity contribution < 1.29 is 26.4 Å². The Morgan fingerprint density at radius 3 is 2.37 bits per heavy atom. The molecule has 0 bridgehead atoms. The van der Waals surface area contributed by atoms with Crippen LogP contribution < -0.4 is 10.3 Å². The number of halogens is 2. The lowest BCUT2D eigenvalue weighted by Crippen LogP contribution is -2.15. The first-order valence-electron chi connectivity index (χ1n) is 8.80. The van der Waals surface area contributed by atoms with Crippen molar-refractivity contribution >= 4 is 26.5 Å². The van der Waals surface area contributed by atoms with Crippen molar-refractivity contribution in [3.63, 3.8) is 0 Å². The summed E-state index contributed by atoms with van der Waals surface area (Å²) in [5, 5.41) is 0.509. The molecule has 5 nitrogen and oxygen atoms in total. The zero-order valence-electron chi connectivity index (χ0n) is 15.7. The van der Waals surface area contributed by atoms with Crippen LogP contribution in [0.2, 0.25) is 0 Å². The molecule has 3 aromatic carbocycles. The minimum absolute atomic E-state index is 0.00408. The Morgan fingerprint density at radius 2 is 1.67 bits per heavy atom. The van der Waals surface area contributed by atoms with Crippen molar-refractivity contribution in [1.82, 2.24) is 0 Å². The largest absolute Gasteiger partial charge is 0.497 e. The lowest BCUT2D eigenvalue weighted by molar-refractivity contribution is 0.413. The highest BCUT2D eigenvalue weighted by Gasteiger charge is 2.22. The van der Waals surface area contributed by atoms with E-state index in [1.54, 1.807) is 36.4 Å². The summed E-state index contributed by atoms with van der Waals surface area (Å²) in [6.07, 6.45) is 0. The monoisotopic (exact) mass is 427 g/mol. The van der Waals surface area contributed by atoms with Crippen LogP contribution >= 0.6 is 0 Å². The number of benzene rings is 3. The zero-order valence-corrected chi connectivity index (χ0v) is 16.5. The Hall–Kier alpha value is -3.52. The second-order valence-corrected chi connectivity index (χ2v) is 8.26. The van der Waals surface area contributed by atoms with Crippen LogP contribution in [0.5, 0.6) is 5.75 Å². The number of sulfone groups is 1. The standard InChI is InChI=1S/C22H15F2NO4S/c1-28-16-9-7-14-11-21(30(26,27)17-5-3-2-4-6-17)22(29-20(14)13-16)25-15-8-10-18(23)19(24)12-15/h2-13H,1H3. The minimum atomic E-state index is -4.00. The molecule has 0 unspecified atom stereocenters. The summed E-state index contributed by atoms with van der Waals surface area (Å²) < 4.78 is 64.4. The summed E-state index contributed by atoms with van der Waals surface area (Å²) in [6, 6.07) is 17.1. The first-order valence-corrected chi connectivity index (χ1v) is 10.3. The summed E-state index contributed by atoms with van der Waals surface area (Å²) in [7, 11) is -2.51. The Bertz CT molecular complexity index is 1410. The minimum Gasteiger partial charge on any atom is -0.497 e. The maximum Gasteiger partial charge on any atom is 0.239 e. The van der Waals surface area contributed by atoms with Gasteiger partial charge in [0.1, 0.15) is 16.2 Å². The predicted octanol–water partition coefficient (Wildman–Crippen LogP) is 4.78. The lowest BCUT2D eigenvalue weighted by Gasteiger charge is -2.08. The van der Waals surface area contributed by atoms with E-state index in [4.69, 9.17) is 9.15 Å². The molecule has 30 heavy (non-hydrogen) atoms. The molecule has 0 aliphatic heterocycles. The Morgan fingerprint density at radius 1 is 0.900 bits per heavy atom. The van der Waals surface area contributed by atoms with Gasteiger partial charge in [0.05, 0.1) is 17.7 Å². The van der Waals surface area contributed by atoms with Gasteiger partial charge in [0.25, 0.3) is 0 Å². The van der Waals surface area contributed by atoms with E-state index in [1.807, 2.05) is 0 Å². The maximum atomic E-state index is 13.6. The van der Waals surface area contributed by atoms with Gasteiger partial charge in [-0.2, -0.15) is 0 Å². The van der Waals surface area contributed by atoms with Gasteiger partial charge in [-0.1, -0.05) is 18.2 Å². The van der Waals surface area contributed by atoms with E-state index in [0.29, 0.717) is 16.7 Å². The molecule has 0 fully saturated rings. The fraction of sp³-hybridized carbons (Fsp3) is 0.0455. The van der Waals surface area contributed by atoms with E-state index in [1.165, 1.54) is 31.4 Å². The Balaban J connectivity index is 2.03. The molecule has 4 aromatic rings. The van der Waals surface area contributed by atoms with Gasteiger partial charge in [-0.15, -0.1) is 0 Å². The Kier molecular flexibility index (Phi) is 5.09. The second kappa shape index (κ2) is 7.72. The third-order valence-electron chi connectivity index (χ3n) is 4.40. The van der Waals surface area contributed by atoms with E-state index in [-0.39, 0.29) is 21.0 Å². The summed E-state index contributed by atoms with van der Waals surface area (Å²) in [4.78, 5) is 4.00. The number of methoxy groups -OCH3 is 1. The highest BCUT2D eigenvalue weighted by atomic mass is 32.2. The fourth-order valence-corrected chi connectivity index (χ4v) is 4.24. The van der Waals surface area contributed by atoms with Gasteiger partial charge >= 0.3 is 0 Å². The molecule has 1 heterocycles. The van der Waals surface area contributed by atoms with E-state index >= 15 is 0 Å². The van der Waals surface area contributed by atoms with Gasteiger partial charge < -0.3 is 9.15 Å². The second-order valence-electron chi connectivity index (χ2n) is 6.35. The zero-order chi connectivity index (χ0) is 21.3. The molecule has 0 spiro atoms. The average molecular weight is 427 g/mol. The predicted molar refractivity (Wildman–Crippen MR) is 106 cm³/mol. The van der Waals surface area contributed by atoms with Crippen LogP contribution in [0.15, 0.2) is 92.0 Å². The fourth-order valence-electron chi connectivity index (χ4n) is 2.88. The molecule has 1 aromatic heterocycles. The molecule has 152 valence electrons. The first kappa shape index (κ1) is 19.8. The molecule has 0 saturated carbocycles. The highest BCUT2D eigenvalue weighted by molar-refractivity contribution is 7.91. The number of fused-ring (bicyclic) bond motifs is 1. The maximum absolute atomic E-state index is 13.6. The molecule has 0 atom stereocenters. The number of hydrogen-bond donors (Lipinski definition) is 0. The van der Waals surface area contributed by atoms with Crippen molar-refractivity contribution in [2.24, 2.45) is 4.99 Å². The number of hydrogen-bond acceptors (Lipinski definition) is 5. The molecule has 0 radical (unpaired) electrons. The normalized spacial score (nSPS) is 12.3. The molecule has 0 saturated heterocycles. The number of ether oxygens (including phenoxy) is 1. The lowest BCUT2D eigenvalue weighted by atomic mass is 10.2. The molecule has 4 rings (SSSR count). The molecular formula is C22H15F2NO4S. The van der Waals surface area contributed by atoms with Crippen molar-refractivity contribution in [2.75, 3.05) is 7.11 Å². The van der Waals surface area contributed by atoms with Gasteiger partial charge in [-0.3, -0.25) is 0 Å². The van der Waals surface area contributed by atoms with Gasteiger partial charge in [0.15, 0.2) is 11.6 Å². The van der Waals surface area contributed by atoms with E-state index in [0.717, 1.165) is 12.1 Å². The Labute approximate surface area is 170 Å². The van der Waals surface area contributed by atoms with Crippen LogP contribution in [0.1, 0.15) is 0 Å². The van der Waals surface area contributed by atoms with Crippen molar-refractivity contribution in [3.8, 4) is 5.75 Å². The van der Waals surface area contributed by atoms with Crippen LogP contribution in [0.25, 0.3) is 11.0 Å². The molecule has 0 aliphatic rings. The van der Waals surface area contributed by atoms with Crippen LogP contribution in [0.3, 0.4) is 0 Å². The van der Waals surface area contributed by atoms with Crippen LogP contribution in [-0.2, 0) is 9.84 Å². The summed E-state index contributed by atoms with van der Waals surface area (Å²) in [5.74, 6) is -1.64. The first-order chi connectivity index (χ1) is 14.4. The third-order valence-corrected chi connectivity index (χ3v) is 6.17. The number of nitrogens with zero attached hydrogens (tertiary/aromatic N) is 1. The van der Waals surface area contributed by atoms with Gasteiger partial charge in [0.2, 0.25) is 15.4 Å². The van der Waals surface area contributed by atoms with Crippen molar-refractivity contribution in [3.05, 3.63) is 90.0 Å². The van der Waals surface area contributed by atoms with Gasteiger partial charge in [0, 0.05) is 17.5 Å². The quantitative estimate of drug-likeness (QED) is 0.470. The molecule has 0 amide bonds. The summed E-state index contributed by atoms with van der Waals surface area (Å²) in [6.45, 7) is 0. The van der Waals surface area contributed by atoms with Crippen LogP contribution in [0, 0.1) is 11.6 Å². The summed E-state index contributed by atoms with van der Waals surface area (Å²) >= 11 is 0.